The molecule has 0 aromatic carbocycles. The van der Waals surface area contributed by atoms with Gasteiger partial charge in [0.15, 0.2) is 0 Å². The second kappa shape index (κ2) is 4.85. The van der Waals surface area contributed by atoms with Gasteiger partial charge >= 0.3 is 0 Å². The monoisotopic (exact) mass is 287 g/mol. The fraction of sp³-hybridized carbons (Fsp3) is 0.727. The van der Waals surface area contributed by atoms with Gasteiger partial charge in [0.25, 0.3) is 0 Å². The summed E-state index contributed by atoms with van der Waals surface area (Å²) >= 11 is 3.55. The van der Waals surface area contributed by atoms with Gasteiger partial charge in [-0.2, -0.15) is 5.10 Å². The van der Waals surface area contributed by atoms with E-state index in [1.165, 1.54) is 0 Å². The normalized spacial score (nSPS) is 27.2. The van der Waals surface area contributed by atoms with Gasteiger partial charge in [-0.15, -0.1) is 0 Å². The van der Waals surface area contributed by atoms with Crippen LogP contribution in [0.2, 0.25) is 0 Å². The van der Waals surface area contributed by atoms with Crippen molar-refractivity contribution in [1.29, 1.82) is 0 Å². The molecule has 1 aromatic heterocycles. The number of halogens is 1. The van der Waals surface area contributed by atoms with Crippen molar-refractivity contribution in [2.45, 2.75) is 25.5 Å². The average molecular weight is 288 g/mol. The number of hydrogen-bond acceptors (Lipinski definition) is 3. The molecule has 5 heteroatoms. The molecule has 0 saturated carbocycles. The summed E-state index contributed by atoms with van der Waals surface area (Å²) in [6.45, 7) is 3.10. The third kappa shape index (κ3) is 2.04. The number of rotatable bonds is 3. The lowest BCUT2D eigenvalue weighted by atomic mass is 9.95. The van der Waals surface area contributed by atoms with E-state index in [1.54, 1.807) is 0 Å². The average Bonchev–Trinajstić information content (AvgIpc) is 2.80. The van der Waals surface area contributed by atoms with E-state index in [0.717, 1.165) is 23.2 Å². The molecule has 0 bridgehead atoms. The summed E-state index contributed by atoms with van der Waals surface area (Å²) in [5, 5.41) is 7.60. The van der Waals surface area contributed by atoms with Crippen LogP contribution in [-0.2, 0) is 11.8 Å². The molecule has 0 spiro atoms. The zero-order chi connectivity index (χ0) is 11.7. The molecular weight excluding hydrogens is 270 g/mol. The van der Waals surface area contributed by atoms with Crippen LogP contribution in [0, 0.1) is 5.92 Å². The highest BCUT2D eigenvalue weighted by Gasteiger charge is 2.34. The van der Waals surface area contributed by atoms with Gasteiger partial charge in [-0.1, -0.05) is 6.92 Å². The van der Waals surface area contributed by atoms with Crippen LogP contribution >= 0.6 is 15.9 Å². The van der Waals surface area contributed by atoms with Crippen molar-refractivity contribution < 1.29 is 4.74 Å². The van der Waals surface area contributed by atoms with Gasteiger partial charge in [0.2, 0.25) is 0 Å². The van der Waals surface area contributed by atoms with E-state index in [9.17, 15) is 0 Å². The molecule has 1 fully saturated rings. The van der Waals surface area contributed by atoms with Crippen LogP contribution in [-0.4, -0.2) is 29.5 Å². The van der Waals surface area contributed by atoms with Crippen molar-refractivity contribution in [3.8, 4) is 0 Å². The van der Waals surface area contributed by atoms with E-state index in [0.29, 0.717) is 5.92 Å². The Morgan fingerprint density at radius 3 is 2.88 bits per heavy atom. The molecule has 2 heterocycles. The topological polar surface area (TPSA) is 39.1 Å². The third-order valence-electron chi connectivity index (χ3n) is 3.32. The highest BCUT2D eigenvalue weighted by Crippen LogP contribution is 2.33. The van der Waals surface area contributed by atoms with Crippen LogP contribution in [0.3, 0.4) is 0 Å². The first-order valence-electron chi connectivity index (χ1n) is 5.61. The molecule has 90 valence electrons. The number of hydrogen-bond donors (Lipinski definition) is 1. The van der Waals surface area contributed by atoms with Gasteiger partial charge in [-0.05, 0) is 35.3 Å². The lowest BCUT2D eigenvalue weighted by molar-refractivity contribution is 0.0605. The molecular formula is C11H18BrN3O. The molecule has 0 amide bonds. The smallest absolute Gasteiger partial charge is 0.0811 e. The van der Waals surface area contributed by atoms with Crippen LogP contribution in [0.1, 0.15) is 25.1 Å². The Morgan fingerprint density at radius 1 is 1.69 bits per heavy atom. The van der Waals surface area contributed by atoms with Gasteiger partial charge in [0.1, 0.15) is 0 Å². The summed E-state index contributed by atoms with van der Waals surface area (Å²) in [5.41, 5.74) is 1.15. The summed E-state index contributed by atoms with van der Waals surface area (Å²) in [7, 11) is 3.93. The summed E-state index contributed by atoms with van der Waals surface area (Å²) in [5.74, 6) is 0.583. The minimum atomic E-state index is 0.194. The Kier molecular flexibility index (Phi) is 3.66. The van der Waals surface area contributed by atoms with Gasteiger partial charge in [-0.3, -0.25) is 4.68 Å². The minimum Gasteiger partial charge on any atom is -0.376 e. The van der Waals surface area contributed by atoms with Gasteiger partial charge in [-0.25, -0.2) is 0 Å². The molecule has 4 nitrogen and oxygen atoms in total. The maximum atomic E-state index is 5.83. The predicted octanol–water partition coefficient (Wildman–Crippen LogP) is 1.87. The Labute approximate surface area is 104 Å². The van der Waals surface area contributed by atoms with Crippen molar-refractivity contribution in [2.24, 2.45) is 13.0 Å². The van der Waals surface area contributed by atoms with E-state index in [-0.39, 0.29) is 12.1 Å². The first-order chi connectivity index (χ1) is 7.65. The standard InChI is InChI=1S/C11H18BrN3O/c1-7-4-5-16-11(7)9(13-2)10-8(12)6-14-15(10)3/h6-7,9,11,13H,4-5H2,1-3H3. The molecule has 16 heavy (non-hydrogen) atoms. The van der Waals surface area contributed by atoms with Gasteiger partial charge < -0.3 is 10.1 Å². The van der Waals surface area contributed by atoms with E-state index < -0.39 is 0 Å². The highest BCUT2D eigenvalue weighted by atomic mass is 79.9. The maximum Gasteiger partial charge on any atom is 0.0811 e. The van der Waals surface area contributed by atoms with Crippen molar-refractivity contribution in [3.63, 3.8) is 0 Å². The first-order valence-corrected chi connectivity index (χ1v) is 6.40. The number of aryl methyl sites for hydroxylation is 1. The Balaban J connectivity index is 2.28. The van der Waals surface area contributed by atoms with E-state index in [4.69, 9.17) is 4.74 Å². The highest BCUT2D eigenvalue weighted by molar-refractivity contribution is 9.10. The lowest BCUT2D eigenvalue weighted by Crippen LogP contribution is -2.34. The van der Waals surface area contributed by atoms with Gasteiger partial charge in [0.05, 0.1) is 28.5 Å². The predicted molar refractivity (Wildman–Crippen MR) is 66.2 cm³/mol. The van der Waals surface area contributed by atoms with Gasteiger partial charge in [0, 0.05) is 13.7 Å². The van der Waals surface area contributed by atoms with E-state index >= 15 is 0 Å². The molecule has 2 rings (SSSR count). The Bertz CT molecular complexity index is 347. The molecule has 1 aliphatic rings. The fourth-order valence-corrected chi connectivity index (χ4v) is 2.96. The molecule has 3 unspecified atom stereocenters. The molecule has 3 atom stereocenters. The summed E-state index contributed by atoms with van der Waals surface area (Å²) in [4.78, 5) is 0. The van der Waals surface area contributed by atoms with E-state index in [2.05, 4.69) is 33.3 Å². The van der Waals surface area contributed by atoms with Crippen LogP contribution in [0.25, 0.3) is 0 Å². The first kappa shape index (κ1) is 12.1. The quantitative estimate of drug-likeness (QED) is 0.923. The Hall–Kier alpha value is -0.390. The van der Waals surface area contributed by atoms with Crippen LogP contribution in [0.15, 0.2) is 10.7 Å². The summed E-state index contributed by atoms with van der Waals surface area (Å²) in [6, 6.07) is 0.194. The maximum absolute atomic E-state index is 5.83. The molecule has 1 aliphatic heterocycles. The largest absolute Gasteiger partial charge is 0.376 e. The molecule has 1 saturated heterocycles. The van der Waals surface area contributed by atoms with Crippen molar-refractivity contribution in [3.05, 3.63) is 16.4 Å². The molecule has 1 N–H and O–H groups in total. The van der Waals surface area contributed by atoms with Crippen LogP contribution in [0.5, 0.6) is 0 Å². The number of likely N-dealkylation sites (N-methyl/N-ethyl adjacent to an activating group) is 1. The number of aromatic nitrogens is 2. The number of nitrogens with one attached hydrogen (secondary N) is 1. The zero-order valence-electron chi connectivity index (χ0n) is 9.90. The van der Waals surface area contributed by atoms with Crippen LogP contribution in [0.4, 0.5) is 0 Å². The van der Waals surface area contributed by atoms with E-state index in [1.807, 2.05) is 25.0 Å². The number of ether oxygens (including phenoxy) is 1. The molecule has 0 aliphatic carbocycles. The second-order valence-electron chi connectivity index (χ2n) is 4.37. The Morgan fingerprint density at radius 2 is 2.44 bits per heavy atom. The zero-order valence-corrected chi connectivity index (χ0v) is 11.5. The number of nitrogens with zero attached hydrogens (tertiary/aromatic N) is 2. The summed E-state index contributed by atoms with van der Waals surface area (Å²) < 4.78 is 8.77. The second-order valence-corrected chi connectivity index (χ2v) is 5.22. The SMILES string of the molecule is CNC(c1c(Br)cnn1C)C1OCCC1C. The van der Waals surface area contributed by atoms with Crippen molar-refractivity contribution in [2.75, 3.05) is 13.7 Å². The van der Waals surface area contributed by atoms with Crippen LogP contribution < -0.4 is 5.32 Å². The fourth-order valence-electron chi connectivity index (χ4n) is 2.37. The molecule has 0 radical (unpaired) electrons. The lowest BCUT2D eigenvalue weighted by Gasteiger charge is -2.26. The molecule has 1 aromatic rings. The van der Waals surface area contributed by atoms with Crippen molar-refractivity contribution in [1.82, 2.24) is 15.1 Å². The minimum absolute atomic E-state index is 0.194. The summed E-state index contributed by atoms with van der Waals surface area (Å²) in [6.07, 6.45) is 3.20. The third-order valence-corrected chi connectivity index (χ3v) is 3.93. The van der Waals surface area contributed by atoms with Crippen molar-refractivity contribution >= 4 is 15.9 Å².